The molecular weight excluding hydrogens is 268 g/mol. The molecular formula is C15H14N4O2. The maximum absolute atomic E-state index is 12.1. The number of nitrogens with zero attached hydrogens (tertiary/aromatic N) is 3. The second kappa shape index (κ2) is 5.62. The number of carbonyl (C=O) groups excluding carboxylic acids is 1. The number of aromatic nitrogens is 3. The van der Waals surface area contributed by atoms with Crippen molar-refractivity contribution in [2.24, 2.45) is 0 Å². The Morgan fingerprint density at radius 3 is 2.76 bits per heavy atom. The Morgan fingerprint density at radius 2 is 2.05 bits per heavy atom. The standard InChI is InChI=1S/C15H14N4O2/c1-11(14-8-5-9-21-14)16-15(20)13-10-19(18-17-13)12-6-3-2-4-7-12/h2-11H,1H3,(H,16,20). The zero-order chi connectivity index (χ0) is 14.7. The second-order valence-electron chi connectivity index (χ2n) is 4.59. The zero-order valence-corrected chi connectivity index (χ0v) is 11.4. The van der Waals surface area contributed by atoms with Crippen LogP contribution < -0.4 is 5.32 Å². The maximum Gasteiger partial charge on any atom is 0.274 e. The van der Waals surface area contributed by atoms with Crippen molar-refractivity contribution in [2.75, 3.05) is 0 Å². The number of rotatable bonds is 4. The highest BCUT2D eigenvalue weighted by Crippen LogP contribution is 2.13. The van der Waals surface area contributed by atoms with Gasteiger partial charge in [-0.05, 0) is 31.2 Å². The lowest BCUT2D eigenvalue weighted by Crippen LogP contribution is -2.26. The van der Waals surface area contributed by atoms with E-state index in [0.29, 0.717) is 5.76 Å². The van der Waals surface area contributed by atoms with E-state index in [9.17, 15) is 4.79 Å². The predicted molar refractivity (Wildman–Crippen MR) is 75.9 cm³/mol. The molecule has 0 aliphatic carbocycles. The fourth-order valence-electron chi connectivity index (χ4n) is 1.95. The van der Waals surface area contributed by atoms with Crippen LogP contribution in [0.1, 0.15) is 29.2 Å². The first kappa shape index (κ1) is 13.1. The summed E-state index contributed by atoms with van der Waals surface area (Å²) < 4.78 is 6.81. The van der Waals surface area contributed by atoms with Crippen molar-refractivity contribution in [1.29, 1.82) is 0 Å². The van der Waals surface area contributed by atoms with Crippen molar-refractivity contribution in [3.63, 3.8) is 0 Å². The highest BCUT2D eigenvalue weighted by molar-refractivity contribution is 5.92. The third-order valence-corrected chi connectivity index (χ3v) is 3.06. The highest BCUT2D eigenvalue weighted by atomic mass is 16.3. The van der Waals surface area contributed by atoms with Gasteiger partial charge in [0.15, 0.2) is 5.69 Å². The third-order valence-electron chi connectivity index (χ3n) is 3.06. The molecule has 0 aliphatic heterocycles. The number of amides is 1. The molecule has 106 valence electrons. The van der Waals surface area contributed by atoms with Gasteiger partial charge in [-0.1, -0.05) is 23.4 Å². The molecule has 1 aromatic carbocycles. The molecule has 0 saturated carbocycles. The van der Waals surface area contributed by atoms with Gasteiger partial charge in [0.2, 0.25) is 0 Å². The monoisotopic (exact) mass is 282 g/mol. The van der Waals surface area contributed by atoms with Crippen LogP contribution in [0.5, 0.6) is 0 Å². The molecule has 2 heterocycles. The molecule has 0 fully saturated rings. The number of furan rings is 1. The van der Waals surface area contributed by atoms with E-state index in [-0.39, 0.29) is 17.6 Å². The van der Waals surface area contributed by atoms with Gasteiger partial charge in [-0.15, -0.1) is 5.10 Å². The first-order valence-corrected chi connectivity index (χ1v) is 6.56. The number of carbonyl (C=O) groups is 1. The van der Waals surface area contributed by atoms with Gasteiger partial charge in [0.1, 0.15) is 5.76 Å². The summed E-state index contributed by atoms with van der Waals surface area (Å²) >= 11 is 0. The van der Waals surface area contributed by atoms with Gasteiger partial charge in [-0.25, -0.2) is 4.68 Å². The first-order chi connectivity index (χ1) is 10.2. The summed E-state index contributed by atoms with van der Waals surface area (Å²) in [6, 6.07) is 12.9. The molecule has 0 spiro atoms. The third kappa shape index (κ3) is 2.84. The molecule has 2 aromatic heterocycles. The van der Waals surface area contributed by atoms with Gasteiger partial charge in [0.25, 0.3) is 5.91 Å². The van der Waals surface area contributed by atoms with Crippen molar-refractivity contribution < 1.29 is 9.21 Å². The quantitative estimate of drug-likeness (QED) is 0.797. The maximum atomic E-state index is 12.1. The number of nitrogens with one attached hydrogen (secondary N) is 1. The van der Waals surface area contributed by atoms with Gasteiger partial charge >= 0.3 is 0 Å². The lowest BCUT2D eigenvalue weighted by Gasteiger charge is -2.09. The zero-order valence-electron chi connectivity index (χ0n) is 11.4. The Bertz CT molecular complexity index is 719. The summed E-state index contributed by atoms with van der Waals surface area (Å²) in [6.45, 7) is 1.85. The predicted octanol–water partition coefficient (Wildman–Crippen LogP) is 2.35. The summed E-state index contributed by atoms with van der Waals surface area (Å²) in [5.41, 5.74) is 1.11. The normalized spacial score (nSPS) is 12.0. The molecule has 0 bridgehead atoms. The van der Waals surface area contributed by atoms with Gasteiger partial charge < -0.3 is 9.73 Å². The average Bonchev–Trinajstić information content (AvgIpc) is 3.20. The van der Waals surface area contributed by atoms with Crippen LogP contribution in [0.25, 0.3) is 5.69 Å². The minimum Gasteiger partial charge on any atom is -0.467 e. The van der Waals surface area contributed by atoms with E-state index in [4.69, 9.17) is 4.42 Å². The van der Waals surface area contributed by atoms with Crippen molar-refractivity contribution in [2.45, 2.75) is 13.0 Å². The van der Waals surface area contributed by atoms with Crippen LogP contribution in [0.4, 0.5) is 0 Å². The molecule has 3 rings (SSSR count). The fourth-order valence-corrected chi connectivity index (χ4v) is 1.95. The van der Waals surface area contributed by atoms with Crippen LogP contribution in [0.3, 0.4) is 0 Å². The highest BCUT2D eigenvalue weighted by Gasteiger charge is 2.16. The van der Waals surface area contributed by atoms with Crippen molar-refractivity contribution in [3.8, 4) is 5.69 Å². The van der Waals surface area contributed by atoms with E-state index in [0.717, 1.165) is 5.69 Å². The summed E-state index contributed by atoms with van der Waals surface area (Å²) in [6.07, 6.45) is 3.17. The summed E-state index contributed by atoms with van der Waals surface area (Å²) in [7, 11) is 0. The molecule has 0 aliphatic rings. The van der Waals surface area contributed by atoms with Gasteiger partial charge in [0.05, 0.1) is 24.2 Å². The number of hydrogen-bond acceptors (Lipinski definition) is 4. The minimum absolute atomic E-state index is 0.227. The fraction of sp³-hybridized carbons (Fsp3) is 0.133. The van der Waals surface area contributed by atoms with E-state index in [1.54, 1.807) is 23.2 Å². The van der Waals surface area contributed by atoms with Crippen LogP contribution in [0.15, 0.2) is 59.3 Å². The van der Waals surface area contributed by atoms with Gasteiger partial charge in [0, 0.05) is 0 Å². The van der Waals surface area contributed by atoms with Gasteiger partial charge in [-0.3, -0.25) is 4.79 Å². The van der Waals surface area contributed by atoms with E-state index < -0.39 is 0 Å². The molecule has 1 amide bonds. The summed E-state index contributed by atoms with van der Waals surface area (Å²) in [5, 5.41) is 10.7. The van der Waals surface area contributed by atoms with E-state index in [1.807, 2.05) is 43.3 Å². The van der Waals surface area contributed by atoms with E-state index >= 15 is 0 Å². The molecule has 1 atom stereocenters. The molecule has 1 N–H and O–H groups in total. The lowest BCUT2D eigenvalue weighted by molar-refractivity contribution is 0.0930. The Labute approximate surface area is 121 Å². The van der Waals surface area contributed by atoms with Crippen molar-refractivity contribution in [3.05, 3.63) is 66.4 Å². The van der Waals surface area contributed by atoms with E-state index in [2.05, 4.69) is 15.6 Å². The van der Waals surface area contributed by atoms with Crippen molar-refractivity contribution >= 4 is 5.91 Å². The van der Waals surface area contributed by atoms with Crippen LogP contribution in [0.2, 0.25) is 0 Å². The molecule has 0 radical (unpaired) electrons. The van der Waals surface area contributed by atoms with Crippen LogP contribution >= 0.6 is 0 Å². The largest absolute Gasteiger partial charge is 0.467 e. The van der Waals surface area contributed by atoms with E-state index in [1.165, 1.54) is 0 Å². The molecule has 3 aromatic rings. The number of hydrogen-bond donors (Lipinski definition) is 1. The Kier molecular flexibility index (Phi) is 3.51. The molecule has 6 nitrogen and oxygen atoms in total. The SMILES string of the molecule is CC(NC(=O)c1cn(-c2ccccc2)nn1)c1ccco1. The molecule has 21 heavy (non-hydrogen) atoms. The smallest absolute Gasteiger partial charge is 0.274 e. The molecule has 0 saturated heterocycles. The van der Waals surface area contributed by atoms with Crippen LogP contribution in [-0.2, 0) is 0 Å². The molecule has 1 unspecified atom stereocenters. The Hall–Kier alpha value is -2.89. The lowest BCUT2D eigenvalue weighted by atomic mass is 10.2. The minimum atomic E-state index is -0.291. The van der Waals surface area contributed by atoms with Crippen LogP contribution in [0, 0.1) is 0 Å². The van der Waals surface area contributed by atoms with Crippen molar-refractivity contribution in [1.82, 2.24) is 20.3 Å². The van der Waals surface area contributed by atoms with Crippen LogP contribution in [-0.4, -0.2) is 20.9 Å². The first-order valence-electron chi connectivity index (χ1n) is 6.56. The summed E-state index contributed by atoms with van der Waals surface area (Å²) in [4.78, 5) is 12.1. The van der Waals surface area contributed by atoms with Gasteiger partial charge in [-0.2, -0.15) is 0 Å². The summed E-state index contributed by atoms with van der Waals surface area (Å²) in [5.74, 6) is 0.403. The number of benzene rings is 1. The number of para-hydroxylation sites is 1. The Morgan fingerprint density at radius 1 is 1.24 bits per heavy atom. The molecule has 6 heteroatoms. The Balaban J connectivity index is 1.73. The second-order valence-corrected chi connectivity index (χ2v) is 4.59. The topological polar surface area (TPSA) is 73.0 Å². The average molecular weight is 282 g/mol.